The normalized spacial score (nSPS) is 20.4. The van der Waals surface area contributed by atoms with Crippen molar-refractivity contribution in [2.24, 2.45) is 5.92 Å². The van der Waals surface area contributed by atoms with Crippen molar-refractivity contribution in [3.8, 4) is 0 Å². The molecule has 1 fully saturated rings. The van der Waals surface area contributed by atoms with Crippen LogP contribution in [0.15, 0.2) is 0 Å². The van der Waals surface area contributed by atoms with Crippen molar-refractivity contribution < 1.29 is 9.53 Å². The standard InChI is InChI=1S/C15H29NO2/c1-4-12(3)16-14(15(17)18-5-2)11-13-9-7-6-8-10-13/h12-14,16H,4-11H2,1-3H3. The Morgan fingerprint density at radius 3 is 2.50 bits per heavy atom. The minimum absolute atomic E-state index is 0.0663. The Bertz CT molecular complexity index is 237. The first-order valence-electron chi connectivity index (χ1n) is 7.60. The zero-order valence-electron chi connectivity index (χ0n) is 12.2. The molecule has 1 saturated carbocycles. The average molecular weight is 255 g/mol. The predicted molar refractivity (Wildman–Crippen MR) is 74.5 cm³/mol. The first-order chi connectivity index (χ1) is 8.67. The summed E-state index contributed by atoms with van der Waals surface area (Å²) in [5.41, 5.74) is 0. The van der Waals surface area contributed by atoms with Crippen LogP contribution in [0.5, 0.6) is 0 Å². The minimum atomic E-state index is -0.108. The van der Waals surface area contributed by atoms with Gasteiger partial charge in [0.1, 0.15) is 6.04 Å². The molecule has 0 saturated heterocycles. The average Bonchev–Trinajstić information content (AvgIpc) is 2.39. The van der Waals surface area contributed by atoms with Gasteiger partial charge in [-0.25, -0.2) is 0 Å². The van der Waals surface area contributed by atoms with Crippen LogP contribution in [0.1, 0.15) is 65.7 Å². The fraction of sp³-hybridized carbons (Fsp3) is 0.933. The number of esters is 1. The van der Waals surface area contributed by atoms with E-state index in [1.54, 1.807) is 0 Å². The summed E-state index contributed by atoms with van der Waals surface area (Å²) in [6, 6.07) is 0.269. The Hall–Kier alpha value is -0.570. The zero-order chi connectivity index (χ0) is 13.4. The summed E-state index contributed by atoms with van der Waals surface area (Å²) in [6.07, 6.45) is 8.55. The molecule has 1 N–H and O–H groups in total. The summed E-state index contributed by atoms with van der Waals surface area (Å²) in [5.74, 6) is 0.632. The third-order valence-corrected chi connectivity index (χ3v) is 3.96. The van der Waals surface area contributed by atoms with Gasteiger partial charge in [-0.3, -0.25) is 4.79 Å². The topological polar surface area (TPSA) is 38.3 Å². The van der Waals surface area contributed by atoms with E-state index in [-0.39, 0.29) is 12.0 Å². The van der Waals surface area contributed by atoms with Gasteiger partial charge in [0.05, 0.1) is 6.61 Å². The summed E-state index contributed by atoms with van der Waals surface area (Å²) in [4.78, 5) is 12.0. The molecule has 0 aromatic rings. The van der Waals surface area contributed by atoms with Gasteiger partial charge in [-0.05, 0) is 32.6 Å². The fourth-order valence-electron chi connectivity index (χ4n) is 2.69. The van der Waals surface area contributed by atoms with E-state index in [1.165, 1.54) is 32.1 Å². The number of carbonyl (C=O) groups excluding carboxylic acids is 1. The van der Waals surface area contributed by atoms with Crippen LogP contribution >= 0.6 is 0 Å². The van der Waals surface area contributed by atoms with E-state index < -0.39 is 0 Å². The van der Waals surface area contributed by atoms with Crippen molar-refractivity contribution in [2.45, 2.75) is 77.8 Å². The van der Waals surface area contributed by atoms with Crippen LogP contribution in [0.4, 0.5) is 0 Å². The molecule has 0 aromatic carbocycles. The number of nitrogens with one attached hydrogen (secondary N) is 1. The van der Waals surface area contributed by atoms with Crippen LogP contribution in [0.3, 0.4) is 0 Å². The van der Waals surface area contributed by atoms with Crippen molar-refractivity contribution in [1.82, 2.24) is 5.32 Å². The monoisotopic (exact) mass is 255 g/mol. The summed E-state index contributed by atoms with van der Waals surface area (Å²) < 4.78 is 5.19. The van der Waals surface area contributed by atoms with Gasteiger partial charge in [-0.2, -0.15) is 0 Å². The molecular weight excluding hydrogens is 226 g/mol. The zero-order valence-corrected chi connectivity index (χ0v) is 12.2. The molecule has 1 aliphatic rings. The highest BCUT2D eigenvalue weighted by Gasteiger charge is 2.26. The summed E-state index contributed by atoms with van der Waals surface area (Å²) in [7, 11) is 0. The summed E-state index contributed by atoms with van der Waals surface area (Å²) in [6.45, 7) is 6.62. The second kappa shape index (κ2) is 8.52. The van der Waals surface area contributed by atoms with Crippen LogP contribution in [-0.4, -0.2) is 24.7 Å². The molecule has 3 heteroatoms. The molecule has 0 spiro atoms. The smallest absolute Gasteiger partial charge is 0.323 e. The highest BCUT2D eigenvalue weighted by molar-refractivity contribution is 5.75. The van der Waals surface area contributed by atoms with Crippen LogP contribution in [-0.2, 0) is 9.53 Å². The Balaban J connectivity index is 2.49. The van der Waals surface area contributed by atoms with Crippen molar-refractivity contribution in [3.05, 3.63) is 0 Å². The molecular formula is C15H29NO2. The second-order valence-electron chi connectivity index (χ2n) is 5.52. The number of carbonyl (C=O) groups is 1. The molecule has 18 heavy (non-hydrogen) atoms. The molecule has 1 aliphatic carbocycles. The van der Waals surface area contributed by atoms with Crippen LogP contribution in [0.2, 0.25) is 0 Å². The van der Waals surface area contributed by atoms with E-state index in [0.29, 0.717) is 18.6 Å². The van der Waals surface area contributed by atoms with E-state index in [0.717, 1.165) is 12.8 Å². The van der Waals surface area contributed by atoms with E-state index in [9.17, 15) is 4.79 Å². The largest absolute Gasteiger partial charge is 0.465 e. The fourth-order valence-corrected chi connectivity index (χ4v) is 2.69. The molecule has 106 valence electrons. The molecule has 3 nitrogen and oxygen atoms in total. The Morgan fingerprint density at radius 1 is 1.28 bits per heavy atom. The predicted octanol–water partition coefficient (Wildman–Crippen LogP) is 3.28. The van der Waals surface area contributed by atoms with Crippen molar-refractivity contribution in [1.29, 1.82) is 0 Å². The Kier molecular flexibility index (Phi) is 7.33. The molecule has 0 bridgehead atoms. The molecule has 0 amide bonds. The van der Waals surface area contributed by atoms with Gasteiger partial charge in [0.25, 0.3) is 0 Å². The summed E-state index contributed by atoms with van der Waals surface area (Å²) in [5, 5.41) is 3.42. The van der Waals surface area contributed by atoms with Crippen molar-refractivity contribution in [3.63, 3.8) is 0 Å². The van der Waals surface area contributed by atoms with Gasteiger partial charge >= 0.3 is 5.97 Å². The molecule has 0 radical (unpaired) electrons. The Labute approximate surface area is 112 Å². The molecule has 1 rings (SSSR count). The maximum Gasteiger partial charge on any atom is 0.323 e. The highest BCUT2D eigenvalue weighted by atomic mass is 16.5. The molecule has 0 aromatic heterocycles. The number of ether oxygens (including phenoxy) is 1. The van der Waals surface area contributed by atoms with Gasteiger partial charge in [-0.15, -0.1) is 0 Å². The van der Waals surface area contributed by atoms with Gasteiger partial charge in [0.2, 0.25) is 0 Å². The second-order valence-corrected chi connectivity index (χ2v) is 5.52. The van der Waals surface area contributed by atoms with Crippen molar-refractivity contribution in [2.75, 3.05) is 6.61 Å². The lowest BCUT2D eigenvalue weighted by molar-refractivity contribution is -0.146. The van der Waals surface area contributed by atoms with Crippen LogP contribution in [0.25, 0.3) is 0 Å². The van der Waals surface area contributed by atoms with E-state index >= 15 is 0 Å². The molecule has 0 heterocycles. The number of hydrogen-bond acceptors (Lipinski definition) is 3. The van der Waals surface area contributed by atoms with E-state index in [1.807, 2.05) is 6.92 Å². The van der Waals surface area contributed by atoms with Gasteiger partial charge in [-0.1, -0.05) is 39.0 Å². The maximum absolute atomic E-state index is 12.0. The minimum Gasteiger partial charge on any atom is -0.465 e. The molecule has 0 aliphatic heterocycles. The SMILES string of the molecule is CCOC(=O)C(CC1CCCCC1)NC(C)CC. The highest BCUT2D eigenvalue weighted by Crippen LogP contribution is 2.27. The van der Waals surface area contributed by atoms with Gasteiger partial charge in [0.15, 0.2) is 0 Å². The van der Waals surface area contributed by atoms with Gasteiger partial charge in [0, 0.05) is 6.04 Å². The molecule has 2 unspecified atom stereocenters. The van der Waals surface area contributed by atoms with E-state index in [4.69, 9.17) is 4.74 Å². The third kappa shape index (κ3) is 5.38. The number of rotatable bonds is 7. The van der Waals surface area contributed by atoms with E-state index in [2.05, 4.69) is 19.2 Å². The lowest BCUT2D eigenvalue weighted by atomic mass is 9.84. The first-order valence-corrected chi connectivity index (χ1v) is 7.60. The van der Waals surface area contributed by atoms with Crippen LogP contribution < -0.4 is 5.32 Å². The quantitative estimate of drug-likeness (QED) is 0.710. The van der Waals surface area contributed by atoms with Crippen molar-refractivity contribution >= 4 is 5.97 Å². The maximum atomic E-state index is 12.0. The molecule has 2 atom stereocenters. The first kappa shape index (κ1) is 15.5. The summed E-state index contributed by atoms with van der Waals surface area (Å²) >= 11 is 0. The lowest BCUT2D eigenvalue weighted by Gasteiger charge is -2.27. The third-order valence-electron chi connectivity index (χ3n) is 3.96. The Morgan fingerprint density at radius 2 is 1.94 bits per heavy atom. The van der Waals surface area contributed by atoms with Gasteiger partial charge < -0.3 is 10.1 Å². The van der Waals surface area contributed by atoms with Crippen LogP contribution in [0, 0.1) is 5.92 Å². The number of hydrogen-bond donors (Lipinski definition) is 1. The lowest BCUT2D eigenvalue weighted by Crippen LogP contribution is -2.44.